The van der Waals surface area contributed by atoms with Crippen molar-refractivity contribution in [1.82, 2.24) is 0 Å². The molecule has 108 valence electrons. The van der Waals surface area contributed by atoms with Crippen molar-refractivity contribution in [3.63, 3.8) is 0 Å². The van der Waals surface area contributed by atoms with E-state index in [1.54, 1.807) is 0 Å². The Kier molecular flexibility index (Phi) is 5.29. The zero-order chi connectivity index (χ0) is 14.7. The third kappa shape index (κ3) is 3.23. The van der Waals surface area contributed by atoms with E-state index in [0.29, 0.717) is 0 Å². The van der Waals surface area contributed by atoms with Gasteiger partial charge in [-0.2, -0.15) is 0 Å². The summed E-state index contributed by atoms with van der Waals surface area (Å²) in [5.74, 6) is -9.71. The summed E-state index contributed by atoms with van der Waals surface area (Å²) >= 11 is 0. The van der Waals surface area contributed by atoms with E-state index in [4.69, 9.17) is 5.73 Å². The number of hydrogen-bond donors (Lipinski definition) is 1. The van der Waals surface area contributed by atoms with Gasteiger partial charge in [-0.1, -0.05) is 26.7 Å². The van der Waals surface area contributed by atoms with Crippen LogP contribution in [0.15, 0.2) is 0 Å². The lowest BCUT2D eigenvalue weighted by Crippen LogP contribution is -2.20. The molecular formula is C13H16F5N. The van der Waals surface area contributed by atoms with Crippen LogP contribution in [-0.4, -0.2) is 0 Å². The predicted octanol–water partition coefficient (Wildman–Crippen LogP) is 4.21. The largest absolute Gasteiger partial charge is 0.324 e. The number of rotatable bonds is 5. The summed E-state index contributed by atoms with van der Waals surface area (Å²) in [4.78, 5) is 0. The Labute approximate surface area is 108 Å². The van der Waals surface area contributed by atoms with Gasteiger partial charge < -0.3 is 5.73 Å². The first-order valence-electron chi connectivity index (χ1n) is 6.08. The van der Waals surface area contributed by atoms with Crippen molar-refractivity contribution in [2.24, 2.45) is 11.7 Å². The molecule has 2 unspecified atom stereocenters. The Bertz CT molecular complexity index is 432. The Morgan fingerprint density at radius 2 is 1.32 bits per heavy atom. The van der Waals surface area contributed by atoms with Gasteiger partial charge in [0.05, 0.1) is 0 Å². The summed E-state index contributed by atoms with van der Waals surface area (Å²) in [6.45, 7) is 3.75. The third-order valence-electron chi connectivity index (χ3n) is 3.05. The summed E-state index contributed by atoms with van der Waals surface area (Å²) in [5.41, 5.74) is 4.65. The number of hydrogen-bond acceptors (Lipinski definition) is 1. The highest BCUT2D eigenvalue weighted by molar-refractivity contribution is 5.26. The van der Waals surface area contributed by atoms with Crippen molar-refractivity contribution in [2.75, 3.05) is 0 Å². The first-order chi connectivity index (χ1) is 8.81. The van der Waals surface area contributed by atoms with E-state index in [1.807, 2.05) is 13.8 Å². The summed E-state index contributed by atoms with van der Waals surface area (Å²) < 4.78 is 65.9. The van der Waals surface area contributed by atoms with Gasteiger partial charge in [-0.15, -0.1) is 0 Å². The van der Waals surface area contributed by atoms with Crippen LogP contribution in [0.25, 0.3) is 0 Å². The lowest BCUT2D eigenvalue weighted by Gasteiger charge is -2.19. The van der Waals surface area contributed by atoms with Gasteiger partial charge in [-0.3, -0.25) is 0 Å². The van der Waals surface area contributed by atoms with Crippen LogP contribution in [0.2, 0.25) is 0 Å². The maximum Gasteiger partial charge on any atom is 0.200 e. The summed E-state index contributed by atoms with van der Waals surface area (Å²) in [6, 6.07) is -1.22. The molecule has 1 aromatic rings. The van der Waals surface area contributed by atoms with Crippen LogP contribution in [0.4, 0.5) is 22.0 Å². The van der Waals surface area contributed by atoms with Crippen molar-refractivity contribution in [3.05, 3.63) is 34.6 Å². The first kappa shape index (κ1) is 15.9. The topological polar surface area (TPSA) is 26.0 Å². The maximum atomic E-state index is 13.5. The molecule has 1 rings (SSSR count). The number of benzene rings is 1. The van der Waals surface area contributed by atoms with Crippen molar-refractivity contribution in [1.29, 1.82) is 0 Å². The molecule has 0 aliphatic carbocycles. The van der Waals surface area contributed by atoms with Gasteiger partial charge in [-0.25, -0.2) is 22.0 Å². The lowest BCUT2D eigenvalue weighted by molar-refractivity contribution is 0.352. The van der Waals surface area contributed by atoms with Crippen molar-refractivity contribution >= 4 is 0 Å². The highest BCUT2D eigenvalue weighted by Gasteiger charge is 2.29. The van der Waals surface area contributed by atoms with E-state index in [1.165, 1.54) is 0 Å². The molecule has 0 aliphatic rings. The zero-order valence-electron chi connectivity index (χ0n) is 10.7. The van der Waals surface area contributed by atoms with Crippen molar-refractivity contribution in [3.8, 4) is 0 Å². The van der Waals surface area contributed by atoms with E-state index in [0.717, 1.165) is 12.8 Å². The molecule has 0 fully saturated rings. The minimum Gasteiger partial charge on any atom is -0.324 e. The molecule has 0 aliphatic heterocycles. The minimum absolute atomic E-state index is 0.0370. The van der Waals surface area contributed by atoms with E-state index < -0.39 is 40.7 Å². The number of halogens is 5. The lowest BCUT2D eigenvalue weighted by atomic mass is 9.92. The van der Waals surface area contributed by atoms with Gasteiger partial charge in [-0.05, 0) is 12.3 Å². The highest BCUT2D eigenvalue weighted by atomic mass is 19.2. The van der Waals surface area contributed by atoms with Crippen molar-refractivity contribution in [2.45, 2.75) is 39.2 Å². The van der Waals surface area contributed by atoms with Gasteiger partial charge in [0.25, 0.3) is 0 Å². The van der Waals surface area contributed by atoms with E-state index >= 15 is 0 Å². The quantitative estimate of drug-likeness (QED) is 0.488. The predicted molar refractivity (Wildman–Crippen MR) is 61.8 cm³/mol. The normalized spacial score (nSPS) is 14.5. The van der Waals surface area contributed by atoms with Crippen LogP contribution in [-0.2, 0) is 0 Å². The molecule has 2 atom stereocenters. The molecule has 0 bridgehead atoms. The number of nitrogens with two attached hydrogens (primary N) is 1. The Balaban J connectivity index is 3.13. The van der Waals surface area contributed by atoms with Crippen LogP contribution < -0.4 is 5.73 Å². The molecule has 0 amide bonds. The molecular weight excluding hydrogens is 265 g/mol. The summed E-state index contributed by atoms with van der Waals surface area (Å²) in [7, 11) is 0. The molecule has 0 saturated heterocycles. The summed E-state index contributed by atoms with van der Waals surface area (Å²) in [5, 5.41) is 0. The van der Waals surface area contributed by atoms with Crippen molar-refractivity contribution < 1.29 is 22.0 Å². The Morgan fingerprint density at radius 3 is 1.74 bits per heavy atom. The average molecular weight is 281 g/mol. The zero-order valence-corrected chi connectivity index (χ0v) is 10.7. The second-order valence-electron chi connectivity index (χ2n) is 4.72. The van der Waals surface area contributed by atoms with E-state index in [2.05, 4.69) is 0 Å². The second kappa shape index (κ2) is 6.32. The maximum absolute atomic E-state index is 13.5. The molecule has 1 aromatic carbocycles. The second-order valence-corrected chi connectivity index (χ2v) is 4.72. The molecule has 6 heteroatoms. The molecule has 0 aromatic heterocycles. The molecule has 0 heterocycles. The van der Waals surface area contributed by atoms with E-state index in [9.17, 15) is 22.0 Å². The Morgan fingerprint density at radius 1 is 0.895 bits per heavy atom. The van der Waals surface area contributed by atoms with Crippen LogP contribution in [0, 0.1) is 35.0 Å². The first-order valence-corrected chi connectivity index (χ1v) is 6.08. The fourth-order valence-electron chi connectivity index (χ4n) is 2.11. The fraction of sp³-hybridized carbons (Fsp3) is 0.538. The van der Waals surface area contributed by atoms with Gasteiger partial charge in [0.2, 0.25) is 5.82 Å². The van der Waals surface area contributed by atoms with Gasteiger partial charge in [0.1, 0.15) is 0 Å². The van der Waals surface area contributed by atoms with Crippen LogP contribution >= 0.6 is 0 Å². The fourth-order valence-corrected chi connectivity index (χ4v) is 2.11. The Hall–Kier alpha value is -1.17. The molecule has 0 saturated carbocycles. The molecule has 1 nitrogen and oxygen atoms in total. The highest BCUT2D eigenvalue weighted by Crippen LogP contribution is 2.30. The van der Waals surface area contributed by atoms with Gasteiger partial charge in [0.15, 0.2) is 23.3 Å². The van der Waals surface area contributed by atoms with Crippen LogP contribution in [0.5, 0.6) is 0 Å². The van der Waals surface area contributed by atoms with Gasteiger partial charge in [0, 0.05) is 11.6 Å². The molecule has 19 heavy (non-hydrogen) atoms. The van der Waals surface area contributed by atoms with Gasteiger partial charge >= 0.3 is 0 Å². The molecule has 0 radical (unpaired) electrons. The molecule has 2 N–H and O–H groups in total. The van der Waals surface area contributed by atoms with E-state index in [-0.39, 0.29) is 12.3 Å². The minimum atomic E-state index is -2.16. The summed E-state index contributed by atoms with van der Waals surface area (Å²) in [6.07, 6.45) is 1.78. The molecule has 0 spiro atoms. The smallest absolute Gasteiger partial charge is 0.200 e. The van der Waals surface area contributed by atoms with Crippen LogP contribution in [0.1, 0.15) is 44.7 Å². The monoisotopic (exact) mass is 281 g/mol. The third-order valence-corrected chi connectivity index (χ3v) is 3.05. The standard InChI is InChI=1S/C13H16F5N/c1-3-4-6(2)5-7(19)8-9(14)11(16)13(18)12(17)10(8)15/h6-7H,3-5,19H2,1-2H3. The average Bonchev–Trinajstić information content (AvgIpc) is 2.34. The SMILES string of the molecule is CCCC(C)CC(N)c1c(F)c(F)c(F)c(F)c1F. The van der Waals surface area contributed by atoms with Crippen LogP contribution in [0.3, 0.4) is 0 Å².